The maximum atomic E-state index is 13.2. The number of carbonyl (C=O) groups excluding carboxylic acids is 2. The molecule has 1 atom stereocenters. The van der Waals surface area contributed by atoms with Gasteiger partial charge in [-0.15, -0.1) is 0 Å². The van der Waals surface area contributed by atoms with Crippen molar-refractivity contribution in [3.05, 3.63) is 107 Å². The van der Waals surface area contributed by atoms with Crippen LogP contribution in [0.5, 0.6) is 11.5 Å². The number of aromatic hydroxyl groups is 1. The molecule has 0 radical (unpaired) electrons. The van der Waals surface area contributed by atoms with E-state index in [4.69, 9.17) is 4.74 Å². The fourth-order valence-electron chi connectivity index (χ4n) is 3.79. The minimum Gasteiger partial charge on any atom is -0.504 e. The van der Waals surface area contributed by atoms with Crippen molar-refractivity contribution in [2.24, 2.45) is 0 Å². The van der Waals surface area contributed by atoms with Gasteiger partial charge in [0.2, 0.25) is 0 Å². The molecule has 4 rings (SSSR count). The molecule has 3 aromatic rings. The summed E-state index contributed by atoms with van der Waals surface area (Å²) in [4.78, 5) is 31.7. The van der Waals surface area contributed by atoms with E-state index >= 15 is 0 Å². The van der Waals surface area contributed by atoms with Gasteiger partial charge in [0.25, 0.3) is 5.91 Å². The second-order valence-electron chi connectivity index (χ2n) is 7.50. The zero-order valence-electron chi connectivity index (χ0n) is 17.9. The van der Waals surface area contributed by atoms with Crippen molar-refractivity contribution in [3.63, 3.8) is 0 Å². The quantitative estimate of drug-likeness (QED) is 0.537. The first-order valence-electron chi connectivity index (χ1n) is 10.3. The van der Waals surface area contributed by atoms with Crippen LogP contribution in [0.4, 0.5) is 0 Å². The summed E-state index contributed by atoms with van der Waals surface area (Å²) in [6.45, 7) is 0.129. The minimum atomic E-state index is -0.875. The minimum absolute atomic E-state index is 0.0381. The van der Waals surface area contributed by atoms with E-state index in [1.54, 1.807) is 42.7 Å². The Labute approximate surface area is 190 Å². The number of aliphatic hydroxyl groups is 1. The average molecular weight is 442 g/mol. The number of pyridine rings is 1. The highest BCUT2D eigenvalue weighted by Crippen LogP contribution is 2.41. The van der Waals surface area contributed by atoms with Crippen molar-refractivity contribution in [1.29, 1.82) is 0 Å². The number of nitrogens with zero attached hydrogens (tertiary/aromatic N) is 2. The van der Waals surface area contributed by atoms with Crippen LogP contribution in [0.15, 0.2) is 90.5 Å². The van der Waals surface area contributed by atoms with Crippen LogP contribution in [-0.4, -0.2) is 38.9 Å². The average Bonchev–Trinajstić information content (AvgIpc) is 3.09. The summed E-state index contributed by atoms with van der Waals surface area (Å²) in [6, 6.07) is 16.5. The number of methoxy groups -OCH3 is 1. The van der Waals surface area contributed by atoms with Crippen LogP contribution in [0.1, 0.15) is 22.7 Å². The van der Waals surface area contributed by atoms with Gasteiger partial charge in [0.1, 0.15) is 0 Å². The van der Waals surface area contributed by atoms with Crippen molar-refractivity contribution in [2.45, 2.75) is 12.6 Å². The molecule has 0 aliphatic carbocycles. The molecule has 7 nitrogen and oxygen atoms in total. The highest BCUT2D eigenvalue weighted by molar-refractivity contribution is 6.14. The topological polar surface area (TPSA) is 100.0 Å². The number of aromatic nitrogens is 1. The number of amides is 1. The summed E-state index contributed by atoms with van der Waals surface area (Å²) >= 11 is 0. The van der Waals surface area contributed by atoms with E-state index in [1.165, 1.54) is 24.2 Å². The fraction of sp³-hybridized carbons (Fsp3) is 0.115. The summed E-state index contributed by atoms with van der Waals surface area (Å²) in [5.41, 5.74) is 2.03. The van der Waals surface area contributed by atoms with Crippen LogP contribution >= 0.6 is 0 Å². The number of allylic oxidation sites excluding steroid dienone is 1. The van der Waals surface area contributed by atoms with Gasteiger partial charge in [-0.3, -0.25) is 14.6 Å². The molecule has 1 aliphatic rings. The van der Waals surface area contributed by atoms with Gasteiger partial charge in [-0.05, 0) is 41.0 Å². The highest BCUT2D eigenvalue weighted by atomic mass is 16.5. The molecule has 1 unspecified atom stereocenters. The zero-order valence-corrected chi connectivity index (χ0v) is 17.9. The number of ketones is 1. The molecular formula is C26H22N2O5. The third-order valence-corrected chi connectivity index (χ3v) is 5.39. The van der Waals surface area contributed by atoms with E-state index in [2.05, 4.69) is 4.98 Å². The summed E-state index contributed by atoms with van der Waals surface area (Å²) in [7, 11) is 1.41. The van der Waals surface area contributed by atoms with Gasteiger partial charge >= 0.3 is 0 Å². The zero-order chi connectivity index (χ0) is 23.4. The first kappa shape index (κ1) is 21.8. The van der Waals surface area contributed by atoms with E-state index in [-0.39, 0.29) is 23.6 Å². The molecule has 0 fully saturated rings. The SMILES string of the molecule is COc1cc(C2C(C(=O)C=Cc3ccccc3)=C(O)C(=O)N2Cc2cccnc2)ccc1O. The van der Waals surface area contributed by atoms with Crippen molar-refractivity contribution in [1.82, 2.24) is 9.88 Å². The summed E-state index contributed by atoms with van der Waals surface area (Å²) in [6.07, 6.45) is 6.21. The second kappa shape index (κ2) is 9.40. The molecule has 1 aromatic heterocycles. The van der Waals surface area contributed by atoms with E-state index in [0.29, 0.717) is 5.56 Å². The Hall–Kier alpha value is -4.39. The van der Waals surface area contributed by atoms with Crippen LogP contribution in [0.3, 0.4) is 0 Å². The third-order valence-electron chi connectivity index (χ3n) is 5.39. The van der Waals surface area contributed by atoms with Crippen molar-refractivity contribution >= 4 is 17.8 Å². The standard InChI is InChI=1S/C26H22N2O5/c1-33-22-14-19(10-12-20(22)29)24-23(21(30)11-9-17-6-3-2-4-7-17)25(31)26(32)28(24)16-18-8-5-13-27-15-18/h2-15,24,29,31H,16H2,1H3. The van der Waals surface area contributed by atoms with E-state index in [9.17, 15) is 19.8 Å². The molecule has 0 bridgehead atoms. The Kier molecular flexibility index (Phi) is 6.22. The first-order chi connectivity index (χ1) is 16.0. The maximum Gasteiger partial charge on any atom is 0.290 e. The smallest absolute Gasteiger partial charge is 0.290 e. The van der Waals surface area contributed by atoms with Gasteiger partial charge in [0.05, 0.1) is 18.7 Å². The molecule has 7 heteroatoms. The molecule has 1 aliphatic heterocycles. The summed E-state index contributed by atoms with van der Waals surface area (Å²) in [5.74, 6) is -1.63. The van der Waals surface area contributed by atoms with Crippen LogP contribution in [0.2, 0.25) is 0 Å². The monoisotopic (exact) mass is 442 g/mol. The molecule has 0 saturated heterocycles. The Morgan fingerprint density at radius 3 is 2.61 bits per heavy atom. The second-order valence-corrected chi connectivity index (χ2v) is 7.50. The van der Waals surface area contributed by atoms with Gasteiger partial charge < -0.3 is 19.8 Å². The molecule has 0 spiro atoms. The molecule has 2 aromatic carbocycles. The largest absolute Gasteiger partial charge is 0.504 e. The predicted molar refractivity (Wildman–Crippen MR) is 122 cm³/mol. The number of rotatable bonds is 7. The Morgan fingerprint density at radius 1 is 1.12 bits per heavy atom. The van der Waals surface area contributed by atoms with Crippen LogP contribution in [0, 0.1) is 0 Å². The molecule has 1 amide bonds. The first-order valence-corrected chi connectivity index (χ1v) is 10.3. The van der Waals surface area contributed by atoms with Gasteiger partial charge in [-0.25, -0.2) is 0 Å². The molecule has 2 heterocycles. The summed E-state index contributed by atoms with van der Waals surface area (Å²) in [5, 5.41) is 20.7. The van der Waals surface area contributed by atoms with Crippen molar-refractivity contribution < 1.29 is 24.5 Å². The van der Waals surface area contributed by atoms with Gasteiger partial charge in [0.15, 0.2) is 23.0 Å². The molecule has 33 heavy (non-hydrogen) atoms. The van der Waals surface area contributed by atoms with E-state index in [1.807, 2.05) is 30.3 Å². The third kappa shape index (κ3) is 4.48. The lowest BCUT2D eigenvalue weighted by Gasteiger charge is -2.27. The Bertz CT molecular complexity index is 1240. The molecule has 2 N–H and O–H groups in total. The summed E-state index contributed by atoms with van der Waals surface area (Å²) < 4.78 is 5.21. The van der Waals surface area contributed by atoms with Gasteiger partial charge in [0, 0.05) is 18.9 Å². The van der Waals surface area contributed by atoms with E-state index in [0.717, 1.165) is 11.1 Å². The van der Waals surface area contributed by atoms with Crippen LogP contribution in [0.25, 0.3) is 6.08 Å². The predicted octanol–water partition coefficient (Wildman–Crippen LogP) is 3.97. The number of hydrogen-bond donors (Lipinski definition) is 2. The normalized spacial score (nSPS) is 16.0. The molecular weight excluding hydrogens is 420 g/mol. The number of benzene rings is 2. The van der Waals surface area contributed by atoms with Crippen LogP contribution in [-0.2, 0) is 16.1 Å². The van der Waals surface area contributed by atoms with Crippen LogP contribution < -0.4 is 4.74 Å². The lowest BCUT2D eigenvalue weighted by Crippen LogP contribution is -2.30. The van der Waals surface area contributed by atoms with Gasteiger partial charge in [-0.1, -0.05) is 48.5 Å². The van der Waals surface area contributed by atoms with Crippen molar-refractivity contribution in [2.75, 3.05) is 7.11 Å². The maximum absolute atomic E-state index is 13.2. The number of aliphatic hydroxyl groups excluding tert-OH is 1. The number of phenolic OH excluding ortho intramolecular Hbond substituents is 1. The lowest BCUT2D eigenvalue weighted by atomic mass is 9.95. The highest BCUT2D eigenvalue weighted by Gasteiger charge is 2.43. The Balaban J connectivity index is 1.76. The number of phenols is 1. The number of hydrogen-bond acceptors (Lipinski definition) is 6. The number of carbonyl (C=O) groups is 2. The molecule has 0 saturated carbocycles. The van der Waals surface area contributed by atoms with Gasteiger partial charge in [-0.2, -0.15) is 0 Å². The molecule has 166 valence electrons. The fourth-order valence-corrected chi connectivity index (χ4v) is 3.79. The Morgan fingerprint density at radius 2 is 1.91 bits per heavy atom. The van der Waals surface area contributed by atoms with Crippen molar-refractivity contribution in [3.8, 4) is 11.5 Å². The number of ether oxygens (including phenoxy) is 1. The van der Waals surface area contributed by atoms with E-state index < -0.39 is 23.5 Å². The lowest BCUT2D eigenvalue weighted by molar-refractivity contribution is -0.130.